The summed E-state index contributed by atoms with van der Waals surface area (Å²) < 4.78 is 0. The monoisotopic (exact) mass is 686 g/mol. The van der Waals surface area contributed by atoms with Gasteiger partial charge in [0.1, 0.15) is 12.3 Å². The fourth-order valence-corrected chi connectivity index (χ4v) is 8.46. The molecule has 8 rings (SSSR count). The summed E-state index contributed by atoms with van der Waals surface area (Å²) in [5.74, 6) is 0.756. The van der Waals surface area contributed by atoms with E-state index in [0.29, 0.717) is 5.75 Å². The highest BCUT2D eigenvalue weighted by atomic mass is 16.3. The third-order valence-corrected chi connectivity index (χ3v) is 10.7. The Balaban J connectivity index is 0.000000164. The molecule has 0 radical (unpaired) electrons. The molecule has 0 aliphatic carbocycles. The van der Waals surface area contributed by atoms with E-state index in [4.69, 9.17) is 0 Å². The molecule has 0 saturated heterocycles. The van der Waals surface area contributed by atoms with Gasteiger partial charge in [0.25, 0.3) is 0 Å². The zero-order chi connectivity index (χ0) is 36.5. The van der Waals surface area contributed by atoms with Crippen molar-refractivity contribution in [2.45, 2.75) is 0 Å². The second kappa shape index (κ2) is 15.7. The van der Waals surface area contributed by atoms with Gasteiger partial charge in [0.05, 0.1) is 17.2 Å². The van der Waals surface area contributed by atoms with Gasteiger partial charge < -0.3 is 15.3 Å². The Bertz CT molecular complexity index is 2190. The summed E-state index contributed by atoms with van der Waals surface area (Å²) in [5.41, 5.74) is 8.14. The average Bonchev–Trinajstić information content (AvgIpc) is 3.23. The Kier molecular flexibility index (Phi) is 10.3. The van der Waals surface area contributed by atoms with Crippen LogP contribution in [0.1, 0.15) is 0 Å². The van der Waals surface area contributed by atoms with E-state index in [1.807, 2.05) is 109 Å². The molecule has 0 fully saturated rings. The number of benzene rings is 8. The van der Waals surface area contributed by atoms with Crippen molar-refractivity contribution in [2.75, 3.05) is 0 Å². The van der Waals surface area contributed by atoms with E-state index in [0.717, 1.165) is 27.3 Å². The van der Waals surface area contributed by atoms with Crippen LogP contribution in [0.3, 0.4) is 0 Å². The van der Waals surface area contributed by atoms with Crippen LogP contribution in [-0.2, 0) is 0 Å². The van der Waals surface area contributed by atoms with Gasteiger partial charge in [-0.3, -0.25) is 0 Å². The van der Waals surface area contributed by atoms with Crippen molar-refractivity contribution < 1.29 is 15.3 Å². The molecule has 8 aromatic rings. The fourth-order valence-electron chi connectivity index (χ4n) is 8.46. The van der Waals surface area contributed by atoms with Crippen LogP contribution in [0.4, 0.5) is 0 Å². The highest BCUT2D eigenvalue weighted by Crippen LogP contribution is 2.19. The first-order valence-corrected chi connectivity index (χ1v) is 18.0. The van der Waals surface area contributed by atoms with E-state index in [1.165, 1.54) is 16.4 Å². The first-order chi connectivity index (χ1) is 26.1. The smallest absolute Gasteiger partial charge is 0.117 e. The minimum Gasteiger partial charge on any atom is -0.511 e. The molecule has 258 valence electrons. The minimum absolute atomic E-state index is 0.216. The van der Waals surface area contributed by atoms with Crippen molar-refractivity contribution in [2.24, 2.45) is 0 Å². The molecule has 0 unspecified atom stereocenters. The highest BCUT2D eigenvalue weighted by molar-refractivity contribution is 7.21. The molecule has 0 atom stereocenters. The molecular weight excluding hydrogens is 646 g/mol. The van der Waals surface area contributed by atoms with E-state index < -0.39 is 12.3 Å². The molecule has 0 amide bonds. The lowest BCUT2D eigenvalue weighted by atomic mass is 9.13. The molecule has 0 saturated carbocycles. The van der Waals surface area contributed by atoms with Crippen molar-refractivity contribution in [3.05, 3.63) is 224 Å². The molecule has 0 heterocycles. The molecule has 0 spiro atoms. The number of aromatic hydroxyl groups is 3. The van der Waals surface area contributed by atoms with Gasteiger partial charge in [-0.2, -0.15) is 43.7 Å². The third kappa shape index (κ3) is 6.50. The zero-order valence-electron chi connectivity index (χ0n) is 29.4. The van der Waals surface area contributed by atoms with Crippen LogP contribution < -0.4 is 43.7 Å². The normalized spacial score (nSPS) is 11.2. The van der Waals surface area contributed by atoms with Gasteiger partial charge in [0.2, 0.25) is 0 Å². The van der Waals surface area contributed by atoms with Crippen molar-refractivity contribution in [3.8, 4) is 17.2 Å². The number of rotatable bonds is 8. The first kappa shape index (κ1) is 34.7. The van der Waals surface area contributed by atoms with Gasteiger partial charge in [0.15, 0.2) is 0 Å². The van der Waals surface area contributed by atoms with E-state index >= 15 is 0 Å². The summed E-state index contributed by atoms with van der Waals surface area (Å²) in [6, 6.07) is 74.1. The number of hydrogen-bond donors (Lipinski definition) is 3. The van der Waals surface area contributed by atoms with Crippen LogP contribution >= 0.6 is 0 Å². The molecule has 3 nitrogen and oxygen atoms in total. The molecule has 0 aliphatic heterocycles. The van der Waals surface area contributed by atoms with Crippen molar-refractivity contribution in [1.82, 2.24) is 0 Å². The third-order valence-electron chi connectivity index (χ3n) is 10.7. The number of hydrogen-bond acceptors (Lipinski definition) is 3. The molecule has 5 heteroatoms. The van der Waals surface area contributed by atoms with Crippen LogP contribution in [0, 0.1) is 0 Å². The van der Waals surface area contributed by atoms with Gasteiger partial charge in [0, 0.05) is 0 Å². The lowest BCUT2D eigenvalue weighted by Crippen LogP contribution is -2.74. The standard InChI is InChI=1S/C24H20BO2.C24H20BO/c26-23-17-9-7-15-21(23)25(19-11-3-1-4-12-19,20-13-5-2-6-14-20)22-16-8-10-18-24(22)27;26-24-19-11-10-18-23(24)25(20-12-4-1-5-13-20,21-14-6-2-7-15-21)22-16-8-3-9-17-22/h1-18,26-27H;1-19,26H/q2*-1. The van der Waals surface area contributed by atoms with Crippen molar-refractivity contribution in [3.63, 3.8) is 0 Å². The molecule has 0 aliphatic rings. The van der Waals surface area contributed by atoms with Gasteiger partial charge in [-0.1, -0.05) is 206 Å². The van der Waals surface area contributed by atoms with Gasteiger partial charge >= 0.3 is 0 Å². The second-order valence-electron chi connectivity index (χ2n) is 13.5. The molecule has 53 heavy (non-hydrogen) atoms. The summed E-state index contributed by atoms with van der Waals surface area (Å²) in [6.07, 6.45) is -3.26. The van der Waals surface area contributed by atoms with Crippen molar-refractivity contribution >= 4 is 56.0 Å². The van der Waals surface area contributed by atoms with Crippen LogP contribution in [0.5, 0.6) is 17.2 Å². The molecule has 3 N–H and O–H groups in total. The quantitative estimate of drug-likeness (QED) is 0.192. The van der Waals surface area contributed by atoms with E-state index in [9.17, 15) is 15.3 Å². The van der Waals surface area contributed by atoms with Crippen LogP contribution in [0.2, 0.25) is 0 Å². The Morgan fingerprint density at radius 3 is 0.642 bits per heavy atom. The maximum atomic E-state index is 10.9. The van der Waals surface area contributed by atoms with E-state index in [2.05, 4.69) is 97.1 Å². The number of phenolic OH excluding ortho intramolecular Hbond substituents is 3. The second-order valence-corrected chi connectivity index (χ2v) is 13.5. The summed E-state index contributed by atoms with van der Waals surface area (Å²) in [5, 5.41) is 32.6. The van der Waals surface area contributed by atoms with Gasteiger partial charge in [-0.15, -0.1) is 0 Å². The average molecular weight is 686 g/mol. The molecule has 8 aromatic carbocycles. The maximum absolute atomic E-state index is 10.9. The van der Waals surface area contributed by atoms with Gasteiger partial charge in [-0.25, -0.2) is 0 Å². The van der Waals surface area contributed by atoms with Crippen LogP contribution in [0.15, 0.2) is 224 Å². The zero-order valence-corrected chi connectivity index (χ0v) is 29.4. The summed E-state index contributed by atoms with van der Waals surface area (Å²) in [6.45, 7) is 0. The summed E-state index contributed by atoms with van der Waals surface area (Å²) in [7, 11) is 0. The largest absolute Gasteiger partial charge is 0.511 e. The van der Waals surface area contributed by atoms with Crippen LogP contribution in [-0.4, -0.2) is 27.6 Å². The Morgan fingerprint density at radius 2 is 0.396 bits per heavy atom. The Labute approximate surface area is 312 Å². The SMILES string of the molecule is Oc1ccccc1[B-](c1ccccc1)(c1ccccc1)c1ccccc1.Oc1ccccc1[B-](c1ccccc1)(c1ccccc1)c1ccccc1O. The predicted octanol–water partition coefficient (Wildman–Crippen LogP) is 5.24. The minimum atomic E-state index is -1.77. The van der Waals surface area contributed by atoms with E-state index in [1.54, 1.807) is 18.2 Å². The van der Waals surface area contributed by atoms with Gasteiger partial charge in [-0.05, 0) is 18.2 Å². The lowest BCUT2D eigenvalue weighted by molar-refractivity contribution is 0.478. The van der Waals surface area contributed by atoms with E-state index in [-0.39, 0.29) is 11.5 Å². The summed E-state index contributed by atoms with van der Waals surface area (Å²) >= 11 is 0. The summed E-state index contributed by atoms with van der Waals surface area (Å²) in [4.78, 5) is 0. The fraction of sp³-hybridized carbons (Fsp3) is 0. The van der Waals surface area contributed by atoms with Crippen molar-refractivity contribution in [1.29, 1.82) is 0 Å². The molecule has 0 aromatic heterocycles. The first-order valence-electron chi connectivity index (χ1n) is 18.0. The number of phenols is 3. The Morgan fingerprint density at radius 1 is 0.208 bits per heavy atom. The molecule has 0 bridgehead atoms. The number of para-hydroxylation sites is 3. The maximum Gasteiger partial charge on any atom is 0.117 e. The predicted molar refractivity (Wildman–Crippen MR) is 225 cm³/mol. The highest BCUT2D eigenvalue weighted by Gasteiger charge is 2.35. The molecular formula is C48H40B2O3-2. The lowest BCUT2D eigenvalue weighted by Gasteiger charge is -2.44. The topological polar surface area (TPSA) is 60.7 Å². The van der Waals surface area contributed by atoms with Crippen LogP contribution in [0.25, 0.3) is 0 Å². The Hall–Kier alpha value is -6.71.